The summed E-state index contributed by atoms with van der Waals surface area (Å²) in [4.78, 5) is 42.6. The highest BCUT2D eigenvalue weighted by atomic mass is 19.1. The second-order valence-corrected chi connectivity index (χ2v) is 7.77. The van der Waals surface area contributed by atoms with Gasteiger partial charge >= 0.3 is 0 Å². The molecule has 3 N–H and O–H groups in total. The molecule has 0 radical (unpaired) electrons. The monoisotopic (exact) mass is 448 g/mol. The molecule has 0 aliphatic carbocycles. The third-order valence-corrected chi connectivity index (χ3v) is 5.72. The van der Waals surface area contributed by atoms with Gasteiger partial charge in [0.2, 0.25) is 11.7 Å². The van der Waals surface area contributed by atoms with Crippen LogP contribution in [-0.4, -0.2) is 44.7 Å². The van der Waals surface area contributed by atoms with Crippen LogP contribution < -0.4 is 10.6 Å². The SMILES string of the molecule is NC(=O)c1ccc(F)c(C(=O)c2c[nH]c3ncc(-c4cnc(N5CCCC5)nc4)cc23)c1F. The number of aromatic nitrogens is 4. The van der Waals surface area contributed by atoms with E-state index in [-0.39, 0.29) is 5.56 Å². The van der Waals surface area contributed by atoms with Crippen molar-refractivity contribution in [1.29, 1.82) is 0 Å². The van der Waals surface area contributed by atoms with Gasteiger partial charge in [0.25, 0.3) is 5.91 Å². The molecule has 33 heavy (non-hydrogen) atoms. The number of nitrogens with zero attached hydrogens (tertiary/aromatic N) is 4. The second kappa shape index (κ2) is 8.05. The Bertz CT molecular complexity index is 1390. The van der Waals surface area contributed by atoms with Gasteiger partial charge in [0, 0.05) is 60.0 Å². The minimum absolute atomic E-state index is 0.00776. The van der Waals surface area contributed by atoms with Crippen molar-refractivity contribution in [2.75, 3.05) is 18.0 Å². The number of nitrogens with one attached hydrogen (secondary N) is 1. The highest BCUT2D eigenvalue weighted by Crippen LogP contribution is 2.28. The van der Waals surface area contributed by atoms with Crippen LogP contribution in [0, 0.1) is 11.6 Å². The lowest BCUT2D eigenvalue weighted by Crippen LogP contribution is -2.20. The number of ketones is 1. The maximum absolute atomic E-state index is 14.7. The van der Waals surface area contributed by atoms with E-state index in [1.807, 2.05) is 0 Å². The summed E-state index contributed by atoms with van der Waals surface area (Å²) >= 11 is 0. The number of benzene rings is 1. The topological polar surface area (TPSA) is 118 Å². The van der Waals surface area contributed by atoms with E-state index in [2.05, 4.69) is 24.8 Å². The van der Waals surface area contributed by atoms with Crippen LogP contribution in [0.4, 0.5) is 14.7 Å². The van der Waals surface area contributed by atoms with E-state index in [0.29, 0.717) is 28.1 Å². The van der Waals surface area contributed by atoms with E-state index in [4.69, 9.17) is 5.73 Å². The van der Waals surface area contributed by atoms with Crippen molar-refractivity contribution in [3.63, 3.8) is 0 Å². The Morgan fingerprint density at radius 1 is 0.970 bits per heavy atom. The van der Waals surface area contributed by atoms with Crippen LogP contribution in [0.5, 0.6) is 0 Å². The molecule has 5 rings (SSSR count). The van der Waals surface area contributed by atoms with Gasteiger partial charge in [-0.25, -0.2) is 23.7 Å². The zero-order valence-electron chi connectivity index (χ0n) is 17.3. The Hall–Kier alpha value is -4.21. The minimum atomic E-state index is -1.29. The third kappa shape index (κ3) is 3.59. The van der Waals surface area contributed by atoms with Crippen molar-refractivity contribution in [2.45, 2.75) is 12.8 Å². The largest absolute Gasteiger partial charge is 0.366 e. The molecule has 10 heteroatoms. The van der Waals surface area contributed by atoms with Gasteiger partial charge in [-0.3, -0.25) is 9.59 Å². The molecule has 0 atom stereocenters. The van der Waals surface area contributed by atoms with Crippen molar-refractivity contribution in [3.05, 3.63) is 71.3 Å². The van der Waals surface area contributed by atoms with Crippen LogP contribution in [0.2, 0.25) is 0 Å². The van der Waals surface area contributed by atoms with E-state index in [0.717, 1.165) is 38.1 Å². The number of primary amides is 1. The summed E-state index contributed by atoms with van der Waals surface area (Å²) in [5, 5.41) is 0.365. The quantitative estimate of drug-likeness (QED) is 0.453. The molecule has 1 aliphatic heterocycles. The van der Waals surface area contributed by atoms with E-state index >= 15 is 0 Å². The Morgan fingerprint density at radius 3 is 2.36 bits per heavy atom. The number of H-pyrrole nitrogens is 1. The van der Waals surface area contributed by atoms with Crippen molar-refractivity contribution in [2.24, 2.45) is 5.73 Å². The average Bonchev–Trinajstić information content (AvgIpc) is 3.49. The van der Waals surface area contributed by atoms with Crippen molar-refractivity contribution < 1.29 is 18.4 Å². The fourth-order valence-corrected chi connectivity index (χ4v) is 3.99. The molecule has 0 spiro atoms. The summed E-state index contributed by atoms with van der Waals surface area (Å²) < 4.78 is 29.1. The van der Waals surface area contributed by atoms with Crippen LogP contribution in [0.15, 0.2) is 43.0 Å². The second-order valence-electron chi connectivity index (χ2n) is 7.77. The molecule has 1 saturated heterocycles. The predicted octanol–water partition coefficient (Wildman–Crippen LogP) is 3.23. The third-order valence-electron chi connectivity index (χ3n) is 5.72. The molecule has 0 saturated carbocycles. The Balaban J connectivity index is 1.54. The van der Waals surface area contributed by atoms with Gasteiger partial charge in [-0.1, -0.05) is 0 Å². The first-order valence-electron chi connectivity index (χ1n) is 10.3. The lowest BCUT2D eigenvalue weighted by Gasteiger charge is -2.14. The summed E-state index contributed by atoms with van der Waals surface area (Å²) in [5.41, 5.74) is 5.41. The number of fused-ring (bicyclic) bond motifs is 1. The van der Waals surface area contributed by atoms with Gasteiger partial charge in [0.1, 0.15) is 17.3 Å². The molecule has 4 aromatic rings. The van der Waals surface area contributed by atoms with Crippen LogP contribution in [0.25, 0.3) is 22.2 Å². The highest BCUT2D eigenvalue weighted by molar-refractivity contribution is 6.17. The van der Waals surface area contributed by atoms with Crippen LogP contribution in [-0.2, 0) is 0 Å². The molecule has 1 fully saturated rings. The first-order chi connectivity index (χ1) is 15.9. The summed E-state index contributed by atoms with van der Waals surface area (Å²) in [7, 11) is 0. The van der Waals surface area contributed by atoms with E-state index < -0.39 is 34.5 Å². The number of hydrogen-bond donors (Lipinski definition) is 2. The number of amides is 1. The van der Waals surface area contributed by atoms with Gasteiger partial charge in [-0.15, -0.1) is 0 Å². The molecule has 1 amide bonds. The lowest BCUT2D eigenvalue weighted by molar-refractivity contribution is 0.0996. The molecule has 1 aromatic carbocycles. The molecule has 3 aromatic heterocycles. The van der Waals surface area contributed by atoms with E-state index in [9.17, 15) is 18.4 Å². The number of aromatic amines is 1. The van der Waals surface area contributed by atoms with Crippen LogP contribution in [0.3, 0.4) is 0 Å². The Morgan fingerprint density at radius 2 is 1.67 bits per heavy atom. The molecular weight excluding hydrogens is 430 g/mol. The van der Waals surface area contributed by atoms with Crippen molar-refractivity contribution in [3.8, 4) is 11.1 Å². The van der Waals surface area contributed by atoms with Crippen LogP contribution in [0.1, 0.15) is 39.1 Å². The highest BCUT2D eigenvalue weighted by Gasteiger charge is 2.26. The molecule has 8 nitrogen and oxygen atoms in total. The summed E-state index contributed by atoms with van der Waals surface area (Å²) in [6, 6.07) is 3.42. The smallest absolute Gasteiger partial charge is 0.251 e. The number of hydrogen-bond acceptors (Lipinski definition) is 6. The zero-order valence-corrected chi connectivity index (χ0v) is 17.3. The Labute approximate surface area is 186 Å². The molecule has 0 unspecified atom stereocenters. The fourth-order valence-electron chi connectivity index (χ4n) is 3.99. The molecule has 166 valence electrons. The number of anilines is 1. The molecule has 4 heterocycles. The van der Waals surface area contributed by atoms with Gasteiger partial charge in [-0.05, 0) is 31.0 Å². The lowest BCUT2D eigenvalue weighted by atomic mass is 9.98. The fraction of sp³-hybridized carbons (Fsp3) is 0.174. The Kier molecular flexibility index (Phi) is 5.04. The molecular formula is C23H18F2N6O2. The summed E-state index contributed by atoms with van der Waals surface area (Å²) in [5.74, 6) is -3.76. The number of nitrogens with two attached hydrogens (primary N) is 1. The number of halogens is 2. The van der Waals surface area contributed by atoms with Crippen LogP contribution >= 0.6 is 0 Å². The van der Waals surface area contributed by atoms with Gasteiger partial charge < -0.3 is 15.6 Å². The zero-order chi connectivity index (χ0) is 23.1. The van der Waals surface area contributed by atoms with Gasteiger partial charge in [-0.2, -0.15) is 0 Å². The standard InChI is InChI=1S/C23H18F2N6O2/c24-17-4-3-14(21(26)33)19(25)18(17)20(32)16-11-28-22-15(16)7-12(8-27-22)13-9-29-23(30-10-13)31-5-1-2-6-31/h3-4,7-11H,1-2,5-6H2,(H2,26,33)(H,27,28). The van der Waals surface area contributed by atoms with E-state index in [1.54, 1.807) is 24.7 Å². The van der Waals surface area contributed by atoms with Gasteiger partial charge in [0.15, 0.2) is 0 Å². The van der Waals surface area contributed by atoms with Crippen molar-refractivity contribution in [1.82, 2.24) is 19.9 Å². The normalized spacial score (nSPS) is 13.6. The number of pyridine rings is 1. The van der Waals surface area contributed by atoms with Crippen molar-refractivity contribution >= 4 is 28.7 Å². The minimum Gasteiger partial charge on any atom is -0.366 e. The average molecular weight is 448 g/mol. The van der Waals surface area contributed by atoms with Gasteiger partial charge in [0.05, 0.1) is 11.1 Å². The number of carbonyl (C=O) groups is 2. The maximum atomic E-state index is 14.7. The van der Waals surface area contributed by atoms with E-state index in [1.165, 1.54) is 6.20 Å². The number of carbonyl (C=O) groups excluding carboxylic acids is 2. The predicted molar refractivity (Wildman–Crippen MR) is 117 cm³/mol. The molecule has 0 bridgehead atoms. The summed E-state index contributed by atoms with van der Waals surface area (Å²) in [6.45, 7) is 1.84. The molecule has 1 aliphatic rings. The first kappa shape index (κ1) is 20.7. The summed E-state index contributed by atoms with van der Waals surface area (Å²) in [6.07, 6.45) is 8.49. The first-order valence-corrected chi connectivity index (χ1v) is 10.3. The maximum Gasteiger partial charge on any atom is 0.251 e. The number of rotatable bonds is 5.